The van der Waals surface area contributed by atoms with Gasteiger partial charge in [0.15, 0.2) is 0 Å². The van der Waals surface area contributed by atoms with Gasteiger partial charge in [0.25, 0.3) is 0 Å². The molecule has 0 radical (unpaired) electrons. The highest BCUT2D eigenvalue weighted by molar-refractivity contribution is 5.87. The number of primary amides is 1. The molecule has 2 atom stereocenters. The van der Waals surface area contributed by atoms with E-state index in [4.69, 9.17) is 15.6 Å². The van der Waals surface area contributed by atoms with Gasteiger partial charge in [0.1, 0.15) is 6.04 Å². The molecule has 1 aliphatic rings. The van der Waals surface area contributed by atoms with Crippen LogP contribution in [0.4, 0.5) is 4.79 Å². The summed E-state index contributed by atoms with van der Waals surface area (Å²) < 4.78 is 5.50. The van der Waals surface area contributed by atoms with Crippen molar-refractivity contribution in [3.05, 3.63) is 0 Å². The highest BCUT2D eigenvalue weighted by atomic mass is 16.5. The number of urea groups is 1. The molecule has 1 rings (SSSR count). The van der Waals surface area contributed by atoms with Crippen molar-refractivity contribution < 1.29 is 24.2 Å². The predicted molar refractivity (Wildman–Crippen MR) is 70.0 cm³/mol. The van der Waals surface area contributed by atoms with E-state index >= 15 is 0 Å². The van der Waals surface area contributed by atoms with Gasteiger partial charge >= 0.3 is 12.0 Å². The first-order valence-electron chi connectivity index (χ1n) is 6.66. The number of carbonyl (C=O) groups excluding carboxylic acids is 2. The minimum atomic E-state index is -1.31. The van der Waals surface area contributed by atoms with Crippen molar-refractivity contribution in [1.82, 2.24) is 10.6 Å². The molecule has 1 saturated heterocycles. The second-order valence-electron chi connectivity index (χ2n) is 4.74. The smallest absolute Gasteiger partial charge is 0.326 e. The second-order valence-corrected chi connectivity index (χ2v) is 4.74. The first-order valence-corrected chi connectivity index (χ1v) is 6.66. The molecule has 20 heavy (non-hydrogen) atoms. The molecule has 0 aliphatic carbocycles. The van der Waals surface area contributed by atoms with Gasteiger partial charge in [-0.2, -0.15) is 0 Å². The summed E-state index contributed by atoms with van der Waals surface area (Å²) in [7, 11) is 0. The quantitative estimate of drug-likeness (QED) is 0.505. The Morgan fingerprint density at radius 2 is 2.10 bits per heavy atom. The molecule has 1 aliphatic heterocycles. The summed E-state index contributed by atoms with van der Waals surface area (Å²) in [5, 5.41) is 13.6. The molecule has 0 aromatic carbocycles. The lowest BCUT2D eigenvalue weighted by molar-refractivity contribution is -0.140. The third-order valence-electron chi connectivity index (χ3n) is 3.03. The van der Waals surface area contributed by atoms with E-state index in [1.165, 1.54) is 0 Å². The number of nitrogens with two attached hydrogens (primary N) is 1. The van der Waals surface area contributed by atoms with Crippen LogP contribution in [0, 0.1) is 0 Å². The molecule has 0 spiro atoms. The largest absolute Gasteiger partial charge is 0.480 e. The molecule has 0 aromatic heterocycles. The van der Waals surface area contributed by atoms with Crippen molar-refractivity contribution in [1.29, 1.82) is 0 Å². The third kappa shape index (κ3) is 6.37. The van der Waals surface area contributed by atoms with Gasteiger partial charge in [0.05, 0.1) is 12.5 Å². The summed E-state index contributed by atoms with van der Waals surface area (Å²) in [5.41, 5.74) is 4.91. The van der Waals surface area contributed by atoms with Crippen LogP contribution in [0.2, 0.25) is 0 Å². The number of amides is 3. The lowest BCUT2D eigenvalue weighted by Crippen LogP contribution is -2.48. The van der Waals surface area contributed by atoms with Crippen LogP contribution < -0.4 is 16.4 Å². The Kier molecular flexibility index (Phi) is 6.78. The van der Waals surface area contributed by atoms with E-state index in [0.717, 1.165) is 25.9 Å². The van der Waals surface area contributed by atoms with Crippen LogP contribution in [0.25, 0.3) is 0 Å². The molecule has 3 amide bonds. The number of carboxylic acid groups (broad SMARTS) is 1. The van der Waals surface area contributed by atoms with E-state index in [1.54, 1.807) is 0 Å². The number of hydrogen-bond donors (Lipinski definition) is 4. The fraction of sp³-hybridized carbons (Fsp3) is 0.750. The van der Waals surface area contributed by atoms with Gasteiger partial charge in [0.2, 0.25) is 5.91 Å². The van der Waals surface area contributed by atoms with Crippen LogP contribution in [0.15, 0.2) is 0 Å². The number of aliphatic carboxylic acids is 1. The molecule has 8 nitrogen and oxygen atoms in total. The Morgan fingerprint density at radius 1 is 1.35 bits per heavy atom. The summed E-state index contributed by atoms with van der Waals surface area (Å²) in [6.45, 7) is 1.13. The van der Waals surface area contributed by atoms with Gasteiger partial charge in [-0.15, -0.1) is 0 Å². The van der Waals surface area contributed by atoms with Crippen molar-refractivity contribution in [2.75, 3.05) is 13.2 Å². The van der Waals surface area contributed by atoms with Crippen LogP contribution in [0.1, 0.15) is 32.1 Å². The average Bonchev–Trinajstić information content (AvgIpc) is 2.38. The SMILES string of the molecule is NC(=O)C[C@@H](NC(=O)NCCC1CCCCO1)C(=O)O. The maximum atomic E-state index is 11.5. The van der Waals surface area contributed by atoms with Gasteiger partial charge in [0, 0.05) is 13.2 Å². The van der Waals surface area contributed by atoms with E-state index in [-0.39, 0.29) is 6.10 Å². The Labute approximate surface area is 117 Å². The molecule has 0 saturated carbocycles. The first kappa shape index (κ1) is 16.2. The number of nitrogens with one attached hydrogen (secondary N) is 2. The standard InChI is InChI=1S/C12H21N3O5/c13-10(16)7-9(11(17)18)15-12(19)14-5-4-8-3-1-2-6-20-8/h8-9H,1-7H2,(H2,13,16)(H,17,18)(H2,14,15,19)/t8?,9-/m1/s1. The van der Waals surface area contributed by atoms with Crippen molar-refractivity contribution in [2.24, 2.45) is 5.73 Å². The average molecular weight is 287 g/mol. The summed E-state index contributed by atoms with van der Waals surface area (Å²) in [6, 6.07) is -1.94. The Balaban J connectivity index is 2.23. The zero-order chi connectivity index (χ0) is 15.0. The van der Waals surface area contributed by atoms with Crippen molar-refractivity contribution in [3.63, 3.8) is 0 Å². The summed E-state index contributed by atoms with van der Waals surface area (Å²) >= 11 is 0. The maximum absolute atomic E-state index is 11.5. The highest BCUT2D eigenvalue weighted by Crippen LogP contribution is 2.14. The van der Waals surface area contributed by atoms with Gasteiger partial charge in [-0.25, -0.2) is 9.59 Å². The molecule has 1 fully saturated rings. The van der Waals surface area contributed by atoms with E-state index in [0.29, 0.717) is 13.0 Å². The fourth-order valence-corrected chi connectivity index (χ4v) is 1.99. The number of hydrogen-bond acceptors (Lipinski definition) is 4. The van der Waals surface area contributed by atoms with Gasteiger partial charge in [-0.05, 0) is 25.7 Å². The first-order chi connectivity index (χ1) is 9.49. The summed E-state index contributed by atoms with van der Waals surface area (Å²) in [5.74, 6) is -2.08. The van der Waals surface area contributed by atoms with E-state index in [1.807, 2.05) is 0 Å². The van der Waals surface area contributed by atoms with E-state index < -0.39 is 30.4 Å². The fourth-order valence-electron chi connectivity index (χ4n) is 1.99. The lowest BCUT2D eigenvalue weighted by atomic mass is 10.1. The predicted octanol–water partition coefficient (Wildman–Crippen LogP) is -0.427. The van der Waals surface area contributed by atoms with E-state index in [2.05, 4.69) is 10.6 Å². The van der Waals surface area contributed by atoms with E-state index in [9.17, 15) is 14.4 Å². The normalized spacial score (nSPS) is 19.9. The molecule has 114 valence electrons. The van der Waals surface area contributed by atoms with Gasteiger partial charge < -0.3 is 26.2 Å². The van der Waals surface area contributed by atoms with Crippen LogP contribution in [0.3, 0.4) is 0 Å². The molecule has 0 bridgehead atoms. The number of carboxylic acids is 1. The van der Waals surface area contributed by atoms with Gasteiger partial charge in [-0.1, -0.05) is 0 Å². The Hall–Kier alpha value is -1.83. The topological polar surface area (TPSA) is 131 Å². The molecule has 8 heteroatoms. The molecule has 1 unspecified atom stereocenters. The van der Waals surface area contributed by atoms with Crippen molar-refractivity contribution >= 4 is 17.9 Å². The van der Waals surface area contributed by atoms with Crippen LogP contribution in [-0.4, -0.2) is 48.3 Å². The highest BCUT2D eigenvalue weighted by Gasteiger charge is 2.22. The lowest BCUT2D eigenvalue weighted by Gasteiger charge is -2.22. The summed E-state index contributed by atoms with van der Waals surface area (Å²) in [4.78, 5) is 33.0. The second kappa shape index (κ2) is 8.36. The number of rotatable bonds is 7. The van der Waals surface area contributed by atoms with Crippen LogP contribution in [0.5, 0.6) is 0 Å². The van der Waals surface area contributed by atoms with Gasteiger partial charge in [-0.3, -0.25) is 4.79 Å². The molecule has 0 aromatic rings. The molecular formula is C12H21N3O5. The Bertz CT molecular complexity index is 355. The number of ether oxygens (including phenoxy) is 1. The van der Waals surface area contributed by atoms with Crippen molar-refractivity contribution in [3.8, 4) is 0 Å². The zero-order valence-corrected chi connectivity index (χ0v) is 11.3. The maximum Gasteiger partial charge on any atom is 0.326 e. The molecule has 1 heterocycles. The summed E-state index contributed by atoms with van der Waals surface area (Å²) in [6.07, 6.45) is 3.55. The molecule has 5 N–H and O–H groups in total. The zero-order valence-electron chi connectivity index (χ0n) is 11.3. The monoisotopic (exact) mass is 287 g/mol. The number of carbonyl (C=O) groups is 3. The minimum Gasteiger partial charge on any atom is -0.480 e. The Morgan fingerprint density at radius 3 is 2.65 bits per heavy atom. The van der Waals surface area contributed by atoms with Crippen LogP contribution in [-0.2, 0) is 14.3 Å². The minimum absolute atomic E-state index is 0.143. The molecular weight excluding hydrogens is 266 g/mol. The third-order valence-corrected chi connectivity index (χ3v) is 3.03. The van der Waals surface area contributed by atoms with Crippen LogP contribution >= 0.6 is 0 Å². The van der Waals surface area contributed by atoms with Crippen molar-refractivity contribution in [2.45, 2.75) is 44.2 Å².